The molecular formula is C12H16FNO4. The fourth-order valence-electron chi connectivity index (χ4n) is 1.45. The molecule has 0 fully saturated rings. The normalized spacial score (nSPS) is 12.0. The number of rotatable bonds is 6. The molecular weight excluding hydrogens is 241 g/mol. The van der Waals surface area contributed by atoms with Gasteiger partial charge in [0.25, 0.3) is 5.91 Å². The second-order valence-electron chi connectivity index (χ2n) is 3.64. The lowest BCUT2D eigenvalue weighted by molar-refractivity contribution is 0.0608. The van der Waals surface area contributed by atoms with E-state index in [-0.39, 0.29) is 24.5 Å². The minimum absolute atomic E-state index is 0.0236. The van der Waals surface area contributed by atoms with Gasteiger partial charge in [0.15, 0.2) is 0 Å². The Morgan fingerprint density at radius 3 is 2.83 bits per heavy atom. The van der Waals surface area contributed by atoms with Crippen molar-refractivity contribution >= 4 is 5.91 Å². The van der Waals surface area contributed by atoms with Crippen LogP contribution in [0.3, 0.4) is 0 Å². The van der Waals surface area contributed by atoms with Crippen LogP contribution in [0, 0.1) is 5.82 Å². The molecule has 1 aromatic carbocycles. The van der Waals surface area contributed by atoms with E-state index in [9.17, 15) is 14.3 Å². The van der Waals surface area contributed by atoms with Gasteiger partial charge in [-0.2, -0.15) is 0 Å². The molecule has 6 heteroatoms. The summed E-state index contributed by atoms with van der Waals surface area (Å²) in [7, 11) is 2.79. The molecule has 1 aromatic rings. The smallest absolute Gasteiger partial charge is 0.258 e. The van der Waals surface area contributed by atoms with Crippen LogP contribution in [0.4, 0.5) is 4.39 Å². The van der Waals surface area contributed by atoms with E-state index < -0.39 is 17.8 Å². The first-order chi connectivity index (χ1) is 8.60. The summed E-state index contributed by atoms with van der Waals surface area (Å²) in [4.78, 5) is 11.8. The molecule has 0 heterocycles. The van der Waals surface area contributed by atoms with E-state index in [1.165, 1.54) is 32.4 Å². The van der Waals surface area contributed by atoms with E-state index in [1.54, 1.807) is 0 Å². The third kappa shape index (κ3) is 3.68. The number of carbonyl (C=O) groups is 1. The highest BCUT2D eigenvalue weighted by Gasteiger charge is 2.18. The highest BCUT2D eigenvalue weighted by Crippen LogP contribution is 2.20. The molecule has 0 radical (unpaired) electrons. The van der Waals surface area contributed by atoms with Crippen molar-refractivity contribution in [3.63, 3.8) is 0 Å². The summed E-state index contributed by atoms with van der Waals surface area (Å²) in [6.45, 7) is 0.0683. The van der Waals surface area contributed by atoms with Gasteiger partial charge in [-0.05, 0) is 12.1 Å². The lowest BCUT2D eigenvalue weighted by Gasteiger charge is -2.12. The first-order valence-electron chi connectivity index (χ1n) is 5.37. The van der Waals surface area contributed by atoms with Gasteiger partial charge in [-0.25, -0.2) is 4.39 Å². The Balaban J connectivity index is 2.72. The van der Waals surface area contributed by atoms with Gasteiger partial charge in [0.05, 0.1) is 19.8 Å². The third-order valence-electron chi connectivity index (χ3n) is 2.28. The molecule has 1 unspecified atom stereocenters. The van der Waals surface area contributed by atoms with Crippen molar-refractivity contribution in [2.45, 2.75) is 6.10 Å². The van der Waals surface area contributed by atoms with Crippen LogP contribution in [-0.2, 0) is 4.74 Å². The maximum absolute atomic E-state index is 13.5. The Bertz CT molecular complexity index is 411. The number of methoxy groups -OCH3 is 2. The molecule has 100 valence electrons. The third-order valence-corrected chi connectivity index (χ3v) is 2.28. The van der Waals surface area contributed by atoms with Crippen molar-refractivity contribution in [1.29, 1.82) is 0 Å². The number of aliphatic hydroxyl groups excluding tert-OH is 1. The average Bonchev–Trinajstić information content (AvgIpc) is 2.36. The fourth-order valence-corrected chi connectivity index (χ4v) is 1.45. The molecule has 0 aromatic heterocycles. The van der Waals surface area contributed by atoms with Gasteiger partial charge in [-0.1, -0.05) is 6.07 Å². The van der Waals surface area contributed by atoms with Crippen LogP contribution in [0.25, 0.3) is 0 Å². The predicted octanol–water partition coefficient (Wildman–Crippen LogP) is 0.571. The maximum atomic E-state index is 13.5. The quantitative estimate of drug-likeness (QED) is 0.782. The molecule has 0 bridgehead atoms. The van der Waals surface area contributed by atoms with E-state index >= 15 is 0 Å². The van der Waals surface area contributed by atoms with E-state index in [0.29, 0.717) is 0 Å². The van der Waals surface area contributed by atoms with Crippen LogP contribution >= 0.6 is 0 Å². The molecule has 0 spiro atoms. The summed E-state index contributed by atoms with van der Waals surface area (Å²) in [6.07, 6.45) is -0.836. The van der Waals surface area contributed by atoms with Gasteiger partial charge in [0.1, 0.15) is 17.1 Å². The maximum Gasteiger partial charge on any atom is 0.258 e. The average molecular weight is 257 g/mol. The number of aliphatic hydroxyl groups is 1. The van der Waals surface area contributed by atoms with Crippen molar-refractivity contribution in [3.05, 3.63) is 29.6 Å². The number of nitrogens with one attached hydrogen (secondary N) is 1. The van der Waals surface area contributed by atoms with Crippen LogP contribution in [-0.4, -0.2) is 44.5 Å². The molecule has 0 aliphatic carbocycles. The standard InChI is InChI=1S/C12H16FNO4/c1-17-7-8(15)6-14-12(16)11-9(13)4-3-5-10(11)18-2/h3-5,8,15H,6-7H2,1-2H3,(H,14,16). The van der Waals surface area contributed by atoms with Crippen molar-refractivity contribution in [1.82, 2.24) is 5.32 Å². The van der Waals surface area contributed by atoms with E-state index in [2.05, 4.69) is 5.32 Å². The molecule has 2 N–H and O–H groups in total. The van der Waals surface area contributed by atoms with Crippen molar-refractivity contribution in [3.8, 4) is 5.75 Å². The van der Waals surface area contributed by atoms with E-state index in [1.807, 2.05) is 0 Å². The monoisotopic (exact) mass is 257 g/mol. The van der Waals surface area contributed by atoms with Crippen LogP contribution in [0.2, 0.25) is 0 Å². The van der Waals surface area contributed by atoms with Crippen LogP contribution in [0.15, 0.2) is 18.2 Å². The Morgan fingerprint density at radius 1 is 1.50 bits per heavy atom. The summed E-state index contributed by atoms with van der Waals surface area (Å²) in [5.74, 6) is -1.16. The van der Waals surface area contributed by atoms with E-state index in [4.69, 9.17) is 9.47 Å². The van der Waals surface area contributed by atoms with E-state index in [0.717, 1.165) is 0 Å². The zero-order valence-electron chi connectivity index (χ0n) is 10.3. The van der Waals surface area contributed by atoms with Crippen molar-refractivity contribution in [2.75, 3.05) is 27.4 Å². The molecule has 18 heavy (non-hydrogen) atoms. The van der Waals surface area contributed by atoms with Crippen LogP contribution < -0.4 is 10.1 Å². The van der Waals surface area contributed by atoms with Crippen molar-refractivity contribution in [2.24, 2.45) is 0 Å². The van der Waals surface area contributed by atoms with Gasteiger partial charge >= 0.3 is 0 Å². The molecule has 1 atom stereocenters. The molecule has 0 aliphatic heterocycles. The highest BCUT2D eigenvalue weighted by atomic mass is 19.1. The largest absolute Gasteiger partial charge is 0.496 e. The summed E-state index contributed by atoms with van der Waals surface area (Å²) in [6, 6.07) is 4.11. The summed E-state index contributed by atoms with van der Waals surface area (Å²) in [5.41, 5.74) is -0.176. The predicted molar refractivity (Wildman–Crippen MR) is 63.2 cm³/mol. The zero-order chi connectivity index (χ0) is 13.5. The van der Waals surface area contributed by atoms with Gasteiger partial charge in [0, 0.05) is 13.7 Å². The van der Waals surface area contributed by atoms with Crippen molar-refractivity contribution < 1.29 is 23.8 Å². The molecule has 1 rings (SSSR count). The van der Waals surface area contributed by atoms with Gasteiger partial charge in [-0.15, -0.1) is 0 Å². The molecule has 5 nitrogen and oxygen atoms in total. The van der Waals surface area contributed by atoms with Crippen LogP contribution in [0.5, 0.6) is 5.75 Å². The molecule has 0 saturated heterocycles. The topological polar surface area (TPSA) is 67.8 Å². The summed E-state index contributed by atoms with van der Waals surface area (Å²) in [5, 5.41) is 11.8. The second kappa shape index (κ2) is 6.93. The highest BCUT2D eigenvalue weighted by molar-refractivity contribution is 5.97. The van der Waals surface area contributed by atoms with Gasteiger partial charge in [-0.3, -0.25) is 4.79 Å². The molecule has 0 saturated carbocycles. The lowest BCUT2D eigenvalue weighted by Crippen LogP contribution is -2.34. The minimum Gasteiger partial charge on any atom is -0.496 e. The van der Waals surface area contributed by atoms with Gasteiger partial charge in [0.2, 0.25) is 0 Å². The minimum atomic E-state index is -0.836. The Hall–Kier alpha value is -1.66. The number of ether oxygens (including phenoxy) is 2. The summed E-state index contributed by atoms with van der Waals surface area (Å²) < 4.78 is 23.2. The number of halogens is 1. The fraction of sp³-hybridized carbons (Fsp3) is 0.417. The molecule has 0 aliphatic rings. The molecule has 1 amide bonds. The zero-order valence-corrected chi connectivity index (χ0v) is 10.3. The first-order valence-corrected chi connectivity index (χ1v) is 5.37. The lowest BCUT2D eigenvalue weighted by atomic mass is 10.1. The summed E-state index contributed by atoms with van der Waals surface area (Å²) >= 11 is 0. The number of hydrogen-bond donors (Lipinski definition) is 2. The Kier molecular flexibility index (Phi) is 5.54. The number of hydrogen-bond acceptors (Lipinski definition) is 4. The number of benzene rings is 1. The Labute approximate surface area is 105 Å². The number of carbonyl (C=O) groups excluding carboxylic acids is 1. The number of amides is 1. The SMILES string of the molecule is COCC(O)CNC(=O)c1c(F)cccc1OC. The van der Waals surface area contributed by atoms with Gasteiger partial charge < -0.3 is 19.9 Å². The first kappa shape index (κ1) is 14.4. The Morgan fingerprint density at radius 2 is 2.22 bits per heavy atom. The second-order valence-corrected chi connectivity index (χ2v) is 3.64. The van der Waals surface area contributed by atoms with Crippen LogP contribution in [0.1, 0.15) is 10.4 Å².